The maximum absolute atomic E-state index is 4.53. The molecule has 1 aliphatic rings. The summed E-state index contributed by atoms with van der Waals surface area (Å²) in [4.78, 5) is 7.01. The number of hydrogen-bond acceptors (Lipinski definition) is 4. The molecule has 0 unspecified atom stereocenters. The van der Waals surface area contributed by atoms with Crippen LogP contribution >= 0.6 is 23.1 Å². The molecular weight excluding hydrogens is 236 g/mol. The predicted molar refractivity (Wildman–Crippen MR) is 73.3 cm³/mol. The molecule has 1 fully saturated rings. The smallest absolute Gasteiger partial charge is 0.0897 e. The van der Waals surface area contributed by atoms with Gasteiger partial charge in [0, 0.05) is 23.2 Å². The second-order valence-electron chi connectivity index (χ2n) is 4.60. The number of aryl methyl sites for hydroxylation is 1. The van der Waals surface area contributed by atoms with Gasteiger partial charge in [-0.05, 0) is 39.5 Å². The first-order chi connectivity index (χ1) is 7.69. The zero-order valence-corrected chi connectivity index (χ0v) is 11.9. The molecule has 1 aromatic rings. The van der Waals surface area contributed by atoms with Gasteiger partial charge in [-0.25, -0.2) is 4.98 Å². The molecule has 16 heavy (non-hydrogen) atoms. The van der Waals surface area contributed by atoms with E-state index in [0.29, 0.717) is 0 Å². The molecule has 0 N–H and O–H groups in total. The Balaban J connectivity index is 1.86. The highest BCUT2D eigenvalue weighted by Crippen LogP contribution is 2.31. The van der Waals surface area contributed by atoms with E-state index in [4.69, 9.17) is 0 Å². The van der Waals surface area contributed by atoms with Crippen LogP contribution in [-0.4, -0.2) is 34.5 Å². The summed E-state index contributed by atoms with van der Waals surface area (Å²) in [5.74, 6) is 0. The Hall–Kier alpha value is -0.0600. The Morgan fingerprint density at radius 3 is 2.94 bits per heavy atom. The highest BCUT2D eigenvalue weighted by molar-refractivity contribution is 7.99. The summed E-state index contributed by atoms with van der Waals surface area (Å²) in [6.07, 6.45) is 6.31. The summed E-state index contributed by atoms with van der Waals surface area (Å²) in [6.45, 7) is 3.09. The van der Waals surface area contributed by atoms with Crippen molar-refractivity contribution in [2.24, 2.45) is 0 Å². The Labute approximate surface area is 106 Å². The number of thiazole rings is 1. The fraction of sp³-hybridized carbons (Fsp3) is 0.750. The molecule has 0 amide bonds. The van der Waals surface area contributed by atoms with Crippen LogP contribution in [0.2, 0.25) is 0 Å². The first kappa shape index (κ1) is 12.4. The minimum Gasteiger partial charge on any atom is -0.298 e. The minimum atomic E-state index is 0.763. The van der Waals surface area contributed by atoms with E-state index in [-0.39, 0.29) is 0 Å². The van der Waals surface area contributed by atoms with E-state index in [0.717, 1.165) is 17.8 Å². The third-order valence-electron chi connectivity index (χ3n) is 3.39. The summed E-state index contributed by atoms with van der Waals surface area (Å²) >= 11 is 3.78. The van der Waals surface area contributed by atoms with Crippen LogP contribution in [0.4, 0.5) is 0 Å². The molecule has 2 nitrogen and oxygen atoms in total. The maximum Gasteiger partial charge on any atom is 0.0897 e. The molecule has 90 valence electrons. The quantitative estimate of drug-likeness (QED) is 0.823. The van der Waals surface area contributed by atoms with Gasteiger partial charge in [0.1, 0.15) is 0 Å². The van der Waals surface area contributed by atoms with Crippen molar-refractivity contribution in [3.63, 3.8) is 0 Å². The van der Waals surface area contributed by atoms with Gasteiger partial charge in [0.05, 0.1) is 10.7 Å². The van der Waals surface area contributed by atoms with Crippen molar-refractivity contribution in [3.8, 4) is 0 Å². The van der Waals surface area contributed by atoms with Crippen LogP contribution in [0.15, 0.2) is 5.38 Å². The zero-order chi connectivity index (χ0) is 11.5. The van der Waals surface area contributed by atoms with Crippen LogP contribution in [0.25, 0.3) is 0 Å². The van der Waals surface area contributed by atoms with Gasteiger partial charge in [-0.1, -0.05) is 0 Å². The van der Waals surface area contributed by atoms with E-state index in [1.54, 1.807) is 11.3 Å². The van der Waals surface area contributed by atoms with Crippen molar-refractivity contribution >= 4 is 23.1 Å². The van der Waals surface area contributed by atoms with Crippen LogP contribution in [0.5, 0.6) is 0 Å². The Kier molecular flexibility index (Phi) is 4.27. The molecule has 0 aliphatic heterocycles. The van der Waals surface area contributed by atoms with Gasteiger partial charge in [-0.3, -0.25) is 4.90 Å². The second-order valence-corrected chi connectivity index (χ2v) is 6.80. The largest absolute Gasteiger partial charge is 0.298 e. The van der Waals surface area contributed by atoms with Gasteiger partial charge >= 0.3 is 0 Å². The van der Waals surface area contributed by atoms with Gasteiger partial charge in [0.15, 0.2) is 0 Å². The molecule has 1 aromatic heterocycles. The first-order valence-electron chi connectivity index (χ1n) is 5.83. The third-order valence-corrected chi connectivity index (χ3v) is 5.31. The lowest BCUT2D eigenvalue weighted by molar-refractivity contribution is 0.235. The Morgan fingerprint density at radius 2 is 2.38 bits per heavy atom. The van der Waals surface area contributed by atoms with E-state index < -0.39 is 0 Å². The molecule has 1 aliphatic carbocycles. The molecule has 0 radical (unpaired) electrons. The van der Waals surface area contributed by atoms with Gasteiger partial charge in [0.2, 0.25) is 0 Å². The van der Waals surface area contributed by atoms with E-state index in [1.807, 2.05) is 11.8 Å². The zero-order valence-electron chi connectivity index (χ0n) is 10.3. The second kappa shape index (κ2) is 5.52. The van der Waals surface area contributed by atoms with Crippen LogP contribution in [0.3, 0.4) is 0 Å². The van der Waals surface area contributed by atoms with Crippen molar-refractivity contribution in [1.82, 2.24) is 9.88 Å². The monoisotopic (exact) mass is 256 g/mol. The lowest BCUT2D eigenvalue weighted by atomic mass is 10.2. The molecule has 2 rings (SSSR count). The molecule has 1 heterocycles. The average molecular weight is 256 g/mol. The van der Waals surface area contributed by atoms with Crippen LogP contribution in [0.1, 0.15) is 30.0 Å². The fourth-order valence-corrected chi connectivity index (χ4v) is 3.79. The highest BCUT2D eigenvalue weighted by Gasteiger charge is 2.26. The minimum absolute atomic E-state index is 0.763. The van der Waals surface area contributed by atoms with E-state index in [9.17, 15) is 0 Å². The number of hydrogen-bond donors (Lipinski definition) is 0. The van der Waals surface area contributed by atoms with Gasteiger partial charge in [-0.2, -0.15) is 11.8 Å². The lowest BCUT2D eigenvalue weighted by Gasteiger charge is -2.23. The van der Waals surface area contributed by atoms with Gasteiger partial charge in [-0.15, -0.1) is 11.3 Å². The van der Waals surface area contributed by atoms with E-state index in [1.165, 1.54) is 30.0 Å². The van der Waals surface area contributed by atoms with Crippen molar-refractivity contribution in [2.75, 3.05) is 13.3 Å². The van der Waals surface area contributed by atoms with Crippen LogP contribution < -0.4 is 0 Å². The number of aromatic nitrogens is 1. The average Bonchev–Trinajstić information content (AvgIpc) is 2.87. The van der Waals surface area contributed by atoms with Crippen molar-refractivity contribution in [3.05, 3.63) is 16.1 Å². The van der Waals surface area contributed by atoms with Crippen molar-refractivity contribution in [1.29, 1.82) is 0 Å². The van der Waals surface area contributed by atoms with E-state index in [2.05, 4.69) is 35.5 Å². The molecule has 0 saturated heterocycles. The standard InChI is InChI=1S/C12H20N2S2/c1-9-13-10(8-16-9)7-14(2)11-4-5-12(6-11)15-3/h8,11-12H,4-7H2,1-3H3/t11-,12-/m0/s1. The predicted octanol–water partition coefficient (Wildman–Crippen LogP) is 3.17. The molecule has 4 heteroatoms. The van der Waals surface area contributed by atoms with Crippen molar-refractivity contribution in [2.45, 2.75) is 44.0 Å². The molecule has 0 aromatic carbocycles. The molecule has 2 atom stereocenters. The summed E-state index contributed by atoms with van der Waals surface area (Å²) in [7, 11) is 2.24. The Morgan fingerprint density at radius 1 is 1.56 bits per heavy atom. The molecule has 0 spiro atoms. The maximum atomic E-state index is 4.53. The molecule has 1 saturated carbocycles. The molecular formula is C12H20N2S2. The van der Waals surface area contributed by atoms with Crippen molar-refractivity contribution < 1.29 is 0 Å². The van der Waals surface area contributed by atoms with Gasteiger partial charge < -0.3 is 0 Å². The number of thioether (sulfide) groups is 1. The lowest BCUT2D eigenvalue weighted by Crippen LogP contribution is -2.29. The topological polar surface area (TPSA) is 16.1 Å². The fourth-order valence-electron chi connectivity index (χ4n) is 2.40. The molecule has 0 bridgehead atoms. The third kappa shape index (κ3) is 2.99. The normalized spacial score (nSPS) is 25.5. The summed E-state index contributed by atoms with van der Waals surface area (Å²) in [5.41, 5.74) is 1.23. The summed E-state index contributed by atoms with van der Waals surface area (Å²) in [5, 5.41) is 4.24. The highest BCUT2D eigenvalue weighted by atomic mass is 32.2. The van der Waals surface area contributed by atoms with E-state index >= 15 is 0 Å². The number of nitrogens with zero attached hydrogens (tertiary/aromatic N) is 2. The van der Waals surface area contributed by atoms with Crippen LogP contribution in [-0.2, 0) is 6.54 Å². The SMILES string of the molecule is CS[C@H]1CC[C@H](N(C)Cc2csc(C)n2)C1. The summed E-state index contributed by atoms with van der Waals surface area (Å²) < 4.78 is 0. The number of rotatable bonds is 4. The first-order valence-corrected chi connectivity index (χ1v) is 8.00. The van der Waals surface area contributed by atoms with Crippen LogP contribution in [0, 0.1) is 6.92 Å². The summed E-state index contributed by atoms with van der Waals surface area (Å²) in [6, 6.07) is 0.763. The van der Waals surface area contributed by atoms with Gasteiger partial charge in [0.25, 0.3) is 0 Å². The Bertz CT molecular complexity index is 338.